The van der Waals surface area contributed by atoms with Crippen molar-refractivity contribution in [3.05, 3.63) is 12.2 Å². The predicted octanol–water partition coefficient (Wildman–Crippen LogP) is 0.709. The van der Waals surface area contributed by atoms with Crippen molar-refractivity contribution in [2.75, 3.05) is 32.9 Å². The standard InChI is InChI=1S/C12H23NO3/c1-10(2)6-13-7-11(14)8-15-9-12-4-3-5-16-12/h11-14H,1,3-9H2,2H3. The summed E-state index contributed by atoms with van der Waals surface area (Å²) < 4.78 is 10.8. The van der Waals surface area contributed by atoms with Crippen molar-refractivity contribution < 1.29 is 14.6 Å². The first-order valence-corrected chi connectivity index (χ1v) is 5.91. The molecule has 94 valence electrons. The minimum Gasteiger partial charge on any atom is -0.389 e. The molecule has 1 heterocycles. The van der Waals surface area contributed by atoms with E-state index in [9.17, 15) is 5.11 Å². The molecular weight excluding hydrogens is 206 g/mol. The Hall–Kier alpha value is -0.420. The fourth-order valence-electron chi connectivity index (χ4n) is 1.62. The maximum absolute atomic E-state index is 9.58. The molecule has 0 spiro atoms. The topological polar surface area (TPSA) is 50.7 Å². The van der Waals surface area contributed by atoms with E-state index >= 15 is 0 Å². The van der Waals surface area contributed by atoms with Gasteiger partial charge < -0.3 is 19.9 Å². The first-order valence-electron chi connectivity index (χ1n) is 5.91. The van der Waals surface area contributed by atoms with Gasteiger partial charge in [0.05, 0.1) is 25.4 Å². The van der Waals surface area contributed by atoms with Crippen molar-refractivity contribution in [3.8, 4) is 0 Å². The van der Waals surface area contributed by atoms with E-state index < -0.39 is 6.10 Å². The zero-order valence-corrected chi connectivity index (χ0v) is 10.1. The lowest BCUT2D eigenvalue weighted by atomic mass is 10.2. The molecule has 4 heteroatoms. The van der Waals surface area contributed by atoms with Crippen LogP contribution in [0.1, 0.15) is 19.8 Å². The van der Waals surface area contributed by atoms with Crippen molar-refractivity contribution in [2.24, 2.45) is 0 Å². The van der Waals surface area contributed by atoms with Gasteiger partial charge in [-0.2, -0.15) is 0 Å². The van der Waals surface area contributed by atoms with E-state index in [2.05, 4.69) is 11.9 Å². The van der Waals surface area contributed by atoms with Crippen LogP contribution in [0.5, 0.6) is 0 Å². The van der Waals surface area contributed by atoms with Gasteiger partial charge in [-0.05, 0) is 19.8 Å². The number of aliphatic hydroxyl groups is 1. The number of nitrogens with one attached hydrogen (secondary N) is 1. The number of ether oxygens (including phenoxy) is 2. The molecule has 1 aliphatic rings. The molecule has 1 aliphatic heterocycles. The maximum Gasteiger partial charge on any atom is 0.0897 e. The average molecular weight is 229 g/mol. The van der Waals surface area contributed by atoms with Crippen molar-refractivity contribution in [1.82, 2.24) is 5.32 Å². The van der Waals surface area contributed by atoms with Gasteiger partial charge in [0.15, 0.2) is 0 Å². The second-order valence-corrected chi connectivity index (χ2v) is 4.41. The molecule has 0 amide bonds. The summed E-state index contributed by atoms with van der Waals surface area (Å²) in [5.41, 5.74) is 1.06. The minimum atomic E-state index is -0.458. The molecule has 16 heavy (non-hydrogen) atoms. The van der Waals surface area contributed by atoms with Crippen molar-refractivity contribution in [1.29, 1.82) is 0 Å². The lowest BCUT2D eigenvalue weighted by Gasteiger charge is -2.14. The predicted molar refractivity (Wildman–Crippen MR) is 63.5 cm³/mol. The Morgan fingerprint density at radius 2 is 2.50 bits per heavy atom. The van der Waals surface area contributed by atoms with Crippen molar-refractivity contribution in [3.63, 3.8) is 0 Å². The lowest BCUT2D eigenvalue weighted by molar-refractivity contribution is -0.0162. The van der Waals surface area contributed by atoms with E-state index in [1.165, 1.54) is 0 Å². The fraction of sp³-hybridized carbons (Fsp3) is 0.833. The highest BCUT2D eigenvalue weighted by Gasteiger charge is 2.15. The molecular formula is C12H23NO3. The van der Waals surface area contributed by atoms with Crippen molar-refractivity contribution in [2.45, 2.75) is 32.0 Å². The van der Waals surface area contributed by atoms with Gasteiger partial charge in [-0.3, -0.25) is 0 Å². The largest absolute Gasteiger partial charge is 0.389 e. The molecule has 0 aliphatic carbocycles. The van der Waals surface area contributed by atoms with Crippen LogP contribution in [0.15, 0.2) is 12.2 Å². The molecule has 2 unspecified atom stereocenters. The first kappa shape index (κ1) is 13.6. The number of hydrogen-bond acceptors (Lipinski definition) is 4. The summed E-state index contributed by atoms with van der Waals surface area (Å²) in [6, 6.07) is 0. The number of aliphatic hydroxyl groups excluding tert-OH is 1. The van der Waals surface area contributed by atoms with Crippen LogP contribution < -0.4 is 5.32 Å². The average Bonchev–Trinajstić information content (AvgIpc) is 2.70. The Morgan fingerprint density at radius 3 is 3.12 bits per heavy atom. The third-order valence-corrected chi connectivity index (χ3v) is 2.44. The molecule has 1 saturated heterocycles. The first-order chi connectivity index (χ1) is 7.68. The summed E-state index contributed by atoms with van der Waals surface area (Å²) in [5.74, 6) is 0. The monoisotopic (exact) mass is 229 g/mol. The second kappa shape index (κ2) is 7.79. The molecule has 2 N–H and O–H groups in total. The number of rotatable bonds is 8. The normalized spacial score (nSPS) is 22.2. The summed E-state index contributed by atoms with van der Waals surface area (Å²) in [6.07, 6.45) is 1.97. The summed E-state index contributed by atoms with van der Waals surface area (Å²) in [7, 11) is 0. The summed E-state index contributed by atoms with van der Waals surface area (Å²) >= 11 is 0. The quantitative estimate of drug-likeness (QED) is 0.602. The molecule has 4 nitrogen and oxygen atoms in total. The second-order valence-electron chi connectivity index (χ2n) is 4.41. The van der Waals surface area contributed by atoms with Crippen LogP contribution in [0.3, 0.4) is 0 Å². The molecule has 0 aromatic heterocycles. The molecule has 0 bridgehead atoms. The SMILES string of the molecule is C=C(C)CNCC(O)COCC1CCCO1. The highest BCUT2D eigenvalue weighted by Crippen LogP contribution is 2.11. The fourth-order valence-corrected chi connectivity index (χ4v) is 1.62. The summed E-state index contributed by atoms with van der Waals surface area (Å²) in [5, 5.41) is 12.7. The van der Waals surface area contributed by atoms with Gasteiger partial charge in [0.1, 0.15) is 0 Å². The van der Waals surface area contributed by atoms with Gasteiger partial charge in [0.2, 0.25) is 0 Å². The lowest BCUT2D eigenvalue weighted by Crippen LogP contribution is -2.32. The van der Waals surface area contributed by atoms with E-state index in [1.807, 2.05) is 6.92 Å². The van der Waals surface area contributed by atoms with E-state index in [1.54, 1.807) is 0 Å². The van der Waals surface area contributed by atoms with E-state index in [0.717, 1.165) is 31.6 Å². The highest BCUT2D eigenvalue weighted by atomic mass is 16.5. The highest BCUT2D eigenvalue weighted by molar-refractivity contribution is 4.90. The Kier molecular flexibility index (Phi) is 6.64. The van der Waals surface area contributed by atoms with Gasteiger partial charge in [-0.15, -0.1) is 0 Å². The summed E-state index contributed by atoms with van der Waals surface area (Å²) in [6.45, 7) is 8.81. The third-order valence-electron chi connectivity index (χ3n) is 2.44. The Bertz CT molecular complexity index is 202. The Labute approximate surface area is 97.6 Å². The molecule has 0 radical (unpaired) electrons. The Balaban J connectivity index is 1.92. The maximum atomic E-state index is 9.58. The van der Waals surface area contributed by atoms with E-state index in [4.69, 9.17) is 9.47 Å². The third kappa shape index (κ3) is 6.23. The van der Waals surface area contributed by atoms with Gasteiger partial charge in [-0.25, -0.2) is 0 Å². The van der Waals surface area contributed by atoms with Crippen LogP contribution in [-0.4, -0.2) is 50.2 Å². The summed E-state index contributed by atoms with van der Waals surface area (Å²) in [4.78, 5) is 0. The zero-order chi connectivity index (χ0) is 11.8. The van der Waals surface area contributed by atoms with E-state index in [0.29, 0.717) is 19.8 Å². The van der Waals surface area contributed by atoms with Gasteiger partial charge in [0.25, 0.3) is 0 Å². The van der Waals surface area contributed by atoms with Gasteiger partial charge >= 0.3 is 0 Å². The molecule has 2 atom stereocenters. The molecule has 0 saturated carbocycles. The van der Waals surface area contributed by atoms with Crippen LogP contribution in [0.2, 0.25) is 0 Å². The smallest absolute Gasteiger partial charge is 0.0897 e. The van der Waals surface area contributed by atoms with Crippen LogP contribution in [-0.2, 0) is 9.47 Å². The zero-order valence-electron chi connectivity index (χ0n) is 10.1. The number of hydrogen-bond donors (Lipinski definition) is 2. The molecule has 1 fully saturated rings. The van der Waals surface area contributed by atoms with Gasteiger partial charge in [0, 0.05) is 19.7 Å². The molecule has 0 aromatic rings. The minimum absolute atomic E-state index is 0.232. The van der Waals surface area contributed by atoms with Crippen LogP contribution in [0, 0.1) is 0 Å². The Morgan fingerprint density at radius 1 is 1.69 bits per heavy atom. The van der Waals surface area contributed by atoms with Crippen LogP contribution in [0.25, 0.3) is 0 Å². The van der Waals surface area contributed by atoms with Crippen molar-refractivity contribution >= 4 is 0 Å². The molecule has 0 aromatic carbocycles. The van der Waals surface area contributed by atoms with Crippen LogP contribution in [0.4, 0.5) is 0 Å². The van der Waals surface area contributed by atoms with Crippen LogP contribution >= 0.6 is 0 Å². The van der Waals surface area contributed by atoms with Gasteiger partial charge in [-0.1, -0.05) is 12.2 Å². The van der Waals surface area contributed by atoms with E-state index in [-0.39, 0.29) is 6.10 Å². The molecule has 1 rings (SSSR count).